The summed E-state index contributed by atoms with van der Waals surface area (Å²) in [4.78, 5) is 4.55. The first-order valence-electron chi connectivity index (χ1n) is 4.58. The molecule has 1 aliphatic rings. The van der Waals surface area contributed by atoms with E-state index in [0.717, 1.165) is 14.6 Å². The summed E-state index contributed by atoms with van der Waals surface area (Å²) in [7, 11) is 0. The van der Waals surface area contributed by atoms with Crippen molar-refractivity contribution < 1.29 is 0 Å². The van der Waals surface area contributed by atoms with Crippen molar-refractivity contribution in [2.24, 2.45) is 0 Å². The molecule has 0 unspecified atom stereocenters. The van der Waals surface area contributed by atoms with Crippen LogP contribution in [-0.2, 0) is 0 Å². The largest absolute Gasteiger partial charge is 0.318 e. The summed E-state index contributed by atoms with van der Waals surface area (Å²) < 4.78 is 4.15. The first-order valence-corrected chi connectivity index (χ1v) is 6.16. The van der Waals surface area contributed by atoms with Crippen molar-refractivity contribution in [3.8, 4) is 0 Å². The van der Waals surface area contributed by atoms with Crippen LogP contribution in [0.4, 0.5) is 0 Å². The van der Waals surface area contributed by atoms with Crippen molar-refractivity contribution in [2.75, 3.05) is 0 Å². The second-order valence-electron chi connectivity index (χ2n) is 3.68. The van der Waals surface area contributed by atoms with Crippen molar-refractivity contribution >= 4 is 37.4 Å². The van der Waals surface area contributed by atoms with Crippen molar-refractivity contribution in [3.05, 3.63) is 33.2 Å². The summed E-state index contributed by atoms with van der Waals surface area (Å²) in [6.45, 7) is 0. The highest BCUT2D eigenvalue weighted by Crippen LogP contribution is 2.39. The number of nitrogens with zero attached hydrogens (tertiary/aromatic N) is 2. The molecule has 1 fully saturated rings. The summed E-state index contributed by atoms with van der Waals surface area (Å²) in [6, 6.07) is 2.06. The second kappa shape index (κ2) is 3.07. The number of fused-ring (bicyclic) bond motifs is 1. The van der Waals surface area contributed by atoms with Gasteiger partial charge in [-0.3, -0.25) is 0 Å². The van der Waals surface area contributed by atoms with E-state index in [1.54, 1.807) is 0 Å². The minimum Gasteiger partial charge on any atom is -0.318 e. The number of rotatable bonds is 1. The first kappa shape index (κ1) is 8.92. The molecule has 0 atom stereocenters. The van der Waals surface area contributed by atoms with Crippen LogP contribution in [0.3, 0.4) is 0 Å². The van der Waals surface area contributed by atoms with Gasteiger partial charge in [0.2, 0.25) is 0 Å². The topological polar surface area (TPSA) is 17.3 Å². The van der Waals surface area contributed by atoms with Gasteiger partial charge in [0.1, 0.15) is 4.60 Å². The Bertz CT molecular complexity index is 500. The Morgan fingerprint density at radius 3 is 2.79 bits per heavy atom. The van der Waals surface area contributed by atoms with Crippen molar-refractivity contribution in [3.63, 3.8) is 0 Å². The minimum atomic E-state index is 0.692. The van der Waals surface area contributed by atoms with Gasteiger partial charge in [0.25, 0.3) is 0 Å². The fraction of sp³-hybridized carbons (Fsp3) is 0.300. The quantitative estimate of drug-likeness (QED) is 0.783. The number of hydrogen-bond donors (Lipinski definition) is 0. The van der Waals surface area contributed by atoms with Gasteiger partial charge in [0.15, 0.2) is 0 Å². The molecule has 4 heteroatoms. The maximum Gasteiger partial charge on any atom is 0.130 e. The average molecular weight is 316 g/mol. The average Bonchev–Trinajstić information content (AvgIpc) is 2.89. The fourth-order valence-corrected chi connectivity index (χ4v) is 2.60. The van der Waals surface area contributed by atoms with Crippen molar-refractivity contribution in [1.82, 2.24) is 9.38 Å². The van der Waals surface area contributed by atoms with Crippen LogP contribution in [0.25, 0.3) is 5.52 Å². The van der Waals surface area contributed by atoms with Crippen LogP contribution in [0.5, 0.6) is 0 Å². The maximum atomic E-state index is 4.55. The Labute approximate surface area is 98.6 Å². The lowest BCUT2D eigenvalue weighted by atomic mass is 10.3. The molecule has 0 bridgehead atoms. The molecule has 0 amide bonds. The summed E-state index contributed by atoms with van der Waals surface area (Å²) in [5, 5.41) is 0. The SMILES string of the molecule is Brc1cc2c(Br)nc(C3CC3)cn2c1. The van der Waals surface area contributed by atoms with E-state index in [9.17, 15) is 0 Å². The summed E-state index contributed by atoms with van der Waals surface area (Å²) in [5.74, 6) is 0.692. The standard InChI is InChI=1S/C10H8Br2N2/c11-7-3-9-10(12)13-8(6-1-2-6)5-14(9)4-7/h3-6H,1-2H2. The Balaban J connectivity index is 2.26. The van der Waals surface area contributed by atoms with Gasteiger partial charge < -0.3 is 4.40 Å². The van der Waals surface area contributed by atoms with E-state index in [4.69, 9.17) is 0 Å². The maximum absolute atomic E-state index is 4.55. The zero-order chi connectivity index (χ0) is 9.71. The predicted octanol–water partition coefficient (Wildman–Crippen LogP) is 3.74. The van der Waals surface area contributed by atoms with Gasteiger partial charge in [-0.15, -0.1) is 0 Å². The predicted molar refractivity (Wildman–Crippen MR) is 62.6 cm³/mol. The van der Waals surface area contributed by atoms with Crippen LogP contribution >= 0.6 is 31.9 Å². The van der Waals surface area contributed by atoms with Gasteiger partial charge in [0, 0.05) is 22.8 Å². The van der Waals surface area contributed by atoms with Gasteiger partial charge in [-0.1, -0.05) is 0 Å². The van der Waals surface area contributed by atoms with Gasteiger partial charge in [-0.2, -0.15) is 0 Å². The van der Waals surface area contributed by atoms with E-state index < -0.39 is 0 Å². The third-order valence-corrected chi connectivity index (χ3v) is 3.54. The molecule has 0 spiro atoms. The van der Waals surface area contributed by atoms with Gasteiger partial charge in [0.05, 0.1) is 11.2 Å². The monoisotopic (exact) mass is 314 g/mol. The molecule has 0 saturated heterocycles. The van der Waals surface area contributed by atoms with Crippen LogP contribution in [0.2, 0.25) is 0 Å². The van der Waals surface area contributed by atoms with E-state index in [2.05, 4.69) is 59.7 Å². The molecule has 2 aromatic rings. The third kappa shape index (κ3) is 1.41. The molecule has 0 aromatic carbocycles. The normalized spacial score (nSPS) is 16.4. The lowest BCUT2D eigenvalue weighted by molar-refractivity contribution is 0.962. The van der Waals surface area contributed by atoms with Gasteiger partial charge in [-0.05, 0) is 50.8 Å². The lowest BCUT2D eigenvalue weighted by Gasteiger charge is -2.01. The zero-order valence-corrected chi connectivity index (χ0v) is 10.5. The summed E-state index contributed by atoms with van der Waals surface area (Å²) >= 11 is 6.97. The van der Waals surface area contributed by atoms with Crippen LogP contribution in [0, 0.1) is 0 Å². The number of halogens is 2. The van der Waals surface area contributed by atoms with E-state index in [1.165, 1.54) is 18.5 Å². The van der Waals surface area contributed by atoms with Crippen molar-refractivity contribution in [1.29, 1.82) is 0 Å². The fourth-order valence-electron chi connectivity index (χ4n) is 1.64. The van der Waals surface area contributed by atoms with Crippen LogP contribution in [0.15, 0.2) is 27.5 Å². The molecule has 0 radical (unpaired) electrons. The van der Waals surface area contributed by atoms with Crippen LogP contribution < -0.4 is 0 Å². The molecule has 2 heterocycles. The van der Waals surface area contributed by atoms with Gasteiger partial charge in [-0.25, -0.2) is 4.98 Å². The van der Waals surface area contributed by atoms with E-state index in [0.29, 0.717) is 5.92 Å². The van der Waals surface area contributed by atoms with Crippen LogP contribution in [0.1, 0.15) is 24.5 Å². The molecular formula is C10H8Br2N2. The lowest BCUT2D eigenvalue weighted by Crippen LogP contribution is -1.93. The van der Waals surface area contributed by atoms with Crippen molar-refractivity contribution in [2.45, 2.75) is 18.8 Å². The summed E-state index contributed by atoms with van der Waals surface area (Å²) in [5.41, 5.74) is 2.31. The Kier molecular flexibility index (Phi) is 1.96. The molecule has 14 heavy (non-hydrogen) atoms. The van der Waals surface area contributed by atoms with Crippen LogP contribution in [-0.4, -0.2) is 9.38 Å². The minimum absolute atomic E-state index is 0.692. The molecule has 1 saturated carbocycles. The van der Waals surface area contributed by atoms with E-state index in [-0.39, 0.29) is 0 Å². The molecule has 2 nitrogen and oxygen atoms in total. The Morgan fingerprint density at radius 2 is 2.07 bits per heavy atom. The third-order valence-electron chi connectivity index (χ3n) is 2.52. The molecule has 72 valence electrons. The van der Waals surface area contributed by atoms with E-state index >= 15 is 0 Å². The molecule has 3 rings (SSSR count). The highest BCUT2D eigenvalue weighted by atomic mass is 79.9. The first-order chi connectivity index (χ1) is 6.74. The number of aromatic nitrogens is 2. The van der Waals surface area contributed by atoms with E-state index in [1.807, 2.05) is 0 Å². The highest BCUT2D eigenvalue weighted by molar-refractivity contribution is 9.11. The Morgan fingerprint density at radius 1 is 1.29 bits per heavy atom. The molecule has 2 aromatic heterocycles. The molecular weight excluding hydrogens is 308 g/mol. The Hall–Kier alpha value is -0.350. The molecule has 1 aliphatic carbocycles. The molecule has 0 N–H and O–H groups in total. The zero-order valence-electron chi connectivity index (χ0n) is 7.37. The highest BCUT2D eigenvalue weighted by Gasteiger charge is 2.25. The summed E-state index contributed by atoms with van der Waals surface area (Å²) in [6.07, 6.45) is 6.76. The molecule has 0 aliphatic heterocycles. The second-order valence-corrected chi connectivity index (χ2v) is 5.35. The van der Waals surface area contributed by atoms with Gasteiger partial charge >= 0.3 is 0 Å². The number of hydrogen-bond acceptors (Lipinski definition) is 1. The smallest absolute Gasteiger partial charge is 0.130 e.